The van der Waals surface area contributed by atoms with Crippen molar-refractivity contribution in [2.45, 2.75) is 117 Å². The minimum Gasteiger partial charge on any atom is -0.391 e. The van der Waals surface area contributed by atoms with Crippen molar-refractivity contribution in [3.8, 4) is 0 Å². The van der Waals surface area contributed by atoms with Crippen LogP contribution in [0.4, 0.5) is 4.39 Å². The monoisotopic (exact) mass is 491 g/mol. The molecule has 7 atom stereocenters. The molecule has 0 spiro atoms. The number of carbonyl (C=O) groups is 2. The van der Waals surface area contributed by atoms with Crippen LogP contribution in [0.3, 0.4) is 0 Å². The number of amides is 2. The molecule has 4 saturated carbocycles. The van der Waals surface area contributed by atoms with E-state index in [0.29, 0.717) is 32.1 Å². The molecule has 4 N–H and O–H groups in total. The van der Waals surface area contributed by atoms with Gasteiger partial charge in [0.25, 0.3) is 0 Å². The van der Waals surface area contributed by atoms with Crippen molar-refractivity contribution in [2.75, 3.05) is 6.61 Å². The fraction of sp³-hybridized carbons (Fsp3) is 0.909. The molecule has 10 heteroatoms. The molecule has 0 aromatic rings. The van der Waals surface area contributed by atoms with Gasteiger partial charge in [-0.2, -0.15) is 0 Å². The van der Waals surface area contributed by atoms with Gasteiger partial charge in [0.2, 0.25) is 11.8 Å². The summed E-state index contributed by atoms with van der Waals surface area (Å²) in [5, 5.41) is 20.2. The van der Waals surface area contributed by atoms with E-state index >= 15 is 0 Å². The summed E-state index contributed by atoms with van der Waals surface area (Å²) >= 11 is 7.54. The highest BCUT2D eigenvalue weighted by molar-refractivity contribution is 8.01. The van der Waals surface area contributed by atoms with Crippen molar-refractivity contribution < 1.29 is 23.8 Å². The summed E-state index contributed by atoms with van der Waals surface area (Å²) in [5.74, 6) is -0.265. The fourth-order valence-corrected chi connectivity index (χ4v) is 7.28. The van der Waals surface area contributed by atoms with Crippen LogP contribution in [0.1, 0.15) is 65.2 Å². The average molecular weight is 492 g/mol. The number of hydrogen-bond donors (Lipinski definition) is 4. The molecule has 2 amide bonds. The highest BCUT2D eigenvalue weighted by Gasteiger charge is 2.56. The van der Waals surface area contributed by atoms with Crippen LogP contribution >= 0.6 is 23.4 Å². The highest BCUT2D eigenvalue weighted by atomic mass is 35.5. The molecule has 4 aliphatic carbocycles. The van der Waals surface area contributed by atoms with E-state index in [-0.39, 0.29) is 47.6 Å². The number of hydrogen-bond acceptors (Lipinski definition) is 6. The quantitative estimate of drug-likeness (QED) is 0.424. The summed E-state index contributed by atoms with van der Waals surface area (Å²) < 4.78 is 19.4. The highest BCUT2D eigenvalue weighted by Crippen LogP contribution is 2.47. The number of aliphatic hydroxyl groups excluding tert-OH is 1. The molecule has 7 nitrogen and oxygen atoms in total. The Bertz CT molecular complexity index is 723. The number of thioether (sulfide) groups is 1. The van der Waals surface area contributed by atoms with Gasteiger partial charge in [0.1, 0.15) is 18.0 Å². The van der Waals surface area contributed by atoms with Gasteiger partial charge in [0.05, 0.1) is 28.5 Å². The Morgan fingerprint density at radius 1 is 1.22 bits per heavy atom. The molecule has 0 aromatic carbocycles. The second kappa shape index (κ2) is 9.56. The van der Waals surface area contributed by atoms with E-state index < -0.39 is 28.7 Å². The second-order valence-corrected chi connectivity index (χ2v) is 12.2. The molecule has 182 valence electrons. The molecule has 0 radical (unpaired) electrons. The zero-order valence-electron chi connectivity index (χ0n) is 18.7. The van der Waals surface area contributed by atoms with Gasteiger partial charge >= 0.3 is 0 Å². The van der Waals surface area contributed by atoms with E-state index in [1.54, 1.807) is 11.8 Å². The largest absolute Gasteiger partial charge is 0.391 e. The van der Waals surface area contributed by atoms with E-state index in [1.807, 2.05) is 6.92 Å². The average Bonchev–Trinajstić information content (AvgIpc) is 3.08. The number of carbonyl (C=O) groups excluding carboxylic acids is 2. The number of alkyl halides is 2. The molecule has 5 fully saturated rings. The summed E-state index contributed by atoms with van der Waals surface area (Å²) in [6.07, 6.45) is 2.32. The van der Waals surface area contributed by atoms with Crippen LogP contribution < -0.4 is 16.0 Å². The smallest absolute Gasteiger partial charge is 0.246 e. The SMILES string of the molecule is CC1NC(C)C(C(=O)NC23CCC(NC(=O)COC4CCC(Cl)C(F)C4)(CC2)C(O)C3)S1. The third-order valence-electron chi connectivity index (χ3n) is 7.75. The fourth-order valence-electron chi connectivity index (χ4n) is 5.82. The van der Waals surface area contributed by atoms with E-state index in [4.69, 9.17) is 16.3 Å². The zero-order valence-corrected chi connectivity index (χ0v) is 20.3. The van der Waals surface area contributed by atoms with Crippen molar-refractivity contribution in [3.63, 3.8) is 0 Å². The van der Waals surface area contributed by atoms with Gasteiger partial charge in [0.15, 0.2) is 0 Å². The molecule has 1 saturated heterocycles. The van der Waals surface area contributed by atoms with Crippen molar-refractivity contribution >= 4 is 35.2 Å². The van der Waals surface area contributed by atoms with Gasteiger partial charge in [-0.25, -0.2) is 4.39 Å². The minimum atomic E-state index is -1.11. The predicted molar refractivity (Wildman–Crippen MR) is 122 cm³/mol. The summed E-state index contributed by atoms with van der Waals surface area (Å²) in [7, 11) is 0. The van der Waals surface area contributed by atoms with Crippen LogP contribution in [0.2, 0.25) is 0 Å². The predicted octanol–water partition coefficient (Wildman–Crippen LogP) is 1.99. The van der Waals surface area contributed by atoms with Crippen molar-refractivity contribution in [1.29, 1.82) is 0 Å². The van der Waals surface area contributed by atoms with Crippen molar-refractivity contribution in [3.05, 3.63) is 0 Å². The first-order chi connectivity index (χ1) is 15.1. The summed E-state index contributed by atoms with van der Waals surface area (Å²) in [5.41, 5.74) is -1.10. The lowest BCUT2D eigenvalue weighted by molar-refractivity contribution is -0.140. The Morgan fingerprint density at radius 3 is 2.53 bits per heavy atom. The molecule has 32 heavy (non-hydrogen) atoms. The third-order valence-corrected chi connectivity index (χ3v) is 9.71. The van der Waals surface area contributed by atoms with E-state index in [9.17, 15) is 19.1 Å². The Kier molecular flexibility index (Phi) is 7.33. The van der Waals surface area contributed by atoms with Crippen molar-refractivity contribution in [1.82, 2.24) is 16.0 Å². The van der Waals surface area contributed by atoms with Crippen LogP contribution in [0.25, 0.3) is 0 Å². The molecule has 0 aromatic heterocycles. The molecule has 1 heterocycles. The number of ether oxygens (including phenoxy) is 1. The zero-order chi connectivity index (χ0) is 23.1. The van der Waals surface area contributed by atoms with Gasteiger partial charge < -0.3 is 25.8 Å². The van der Waals surface area contributed by atoms with Gasteiger partial charge in [-0.15, -0.1) is 23.4 Å². The maximum absolute atomic E-state index is 13.8. The third kappa shape index (κ3) is 5.06. The summed E-state index contributed by atoms with van der Waals surface area (Å²) in [6.45, 7) is 3.92. The van der Waals surface area contributed by atoms with E-state index in [1.165, 1.54) is 0 Å². The molecule has 7 unspecified atom stereocenters. The Balaban J connectivity index is 1.28. The Labute approximate surface area is 198 Å². The van der Waals surface area contributed by atoms with Crippen LogP contribution in [-0.4, -0.2) is 75.0 Å². The lowest BCUT2D eigenvalue weighted by Gasteiger charge is -2.56. The molecule has 2 bridgehead atoms. The Hall–Kier alpha value is -0.610. The van der Waals surface area contributed by atoms with Crippen LogP contribution in [0, 0.1) is 0 Å². The van der Waals surface area contributed by atoms with Gasteiger partial charge in [-0.3, -0.25) is 9.59 Å². The first kappa shape index (κ1) is 24.5. The molecular weight excluding hydrogens is 457 g/mol. The number of halogens is 2. The van der Waals surface area contributed by atoms with Gasteiger partial charge in [0, 0.05) is 18.0 Å². The number of rotatable bonds is 6. The molecule has 5 aliphatic rings. The minimum absolute atomic E-state index is 0.0243. The van der Waals surface area contributed by atoms with E-state index in [0.717, 1.165) is 12.8 Å². The molecule has 5 rings (SSSR count). The molecule has 1 aliphatic heterocycles. The maximum Gasteiger partial charge on any atom is 0.246 e. The van der Waals surface area contributed by atoms with Crippen molar-refractivity contribution in [2.24, 2.45) is 0 Å². The number of aliphatic hydroxyl groups is 1. The second-order valence-electron chi connectivity index (χ2n) is 10.1. The topological polar surface area (TPSA) is 99.7 Å². The number of fused-ring (bicyclic) bond motifs is 3. The van der Waals surface area contributed by atoms with Gasteiger partial charge in [-0.1, -0.05) is 0 Å². The maximum atomic E-state index is 13.8. The van der Waals surface area contributed by atoms with Gasteiger partial charge in [-0.05, 0) is 58.8 Å². The summed E-state index contributed by atoms with van der Waals surface area (Å²) in [6, 6.07) is 0.106. The lowest BCUT2D eigenvalue weighted by Crippen LogP contribution is -2.71. The Morgan fingerprint density at radius 2 is 1.94 bits per heavy atom. The normalized spacial score (nSPS) is 46.1. The first-order valence-electron chi connectivity index (χ1n) is 11.7. The summed E-state index contributed by atoms with van der Waals surface area (Å²) in [4.78, 5) is 25.5. The van der Waals surface area contributed by atoms with Crippen LogP contribution in [0.15, 0.2) is 0 Å². The first-order valence-corrected chi connectivity index (χ1v) is 13.1. The van der Waals surface area contributed by atoms with Crippen LogP contribution in [-0.2, 0) is 14.3 Å². The lowest BCUT2D eigenvalue weighted by atomic mass is 9.60. The molecular formula is C22H35ClFN3O4S. The standard InChI is InChI=1S/C22H35ClFN3O4S/c1-12-19(32-13(2)25-12)20(30)27-21-5-7-22(8-6-21,17(28)10-21)26-18(29)11-31-14-3-4-15(23)16(24)9-14/h12-17,19,25,28H,3-11H2,1-2H3,(H,26,29)(H,27,30). The number of nitrogens with one attached hydrogen (secondary N) is 3. The van der Waals surface area contributed by atoms with E-state index in [2.05, 4.69) is 22.9 Å². The van der Waals surface area contributed by atoms with Crippen LogP contribution in [0.5, 0.6) is 0 Å².